The zero-order valence-corrected chi connectivity index (χ0v) is 10.9. The van der Waals surface area contributed by atoms with E-state index in [9.17, 15) is 0 Å². The average molecular weight is 226 g/mol. The lowest BCUT2D eigenvalue weighted by molar-refractivity contribution is 0.186. The maximum Gasteiger partial charge on any atom is 0.208 e. The van der Waals surface area contributed by atoms with Gasteiger partial charge in [0.2, 0.25) is 5.96 Å². The first-order valence-electron chi connectivity index (χ1n) is 6.48. The number of hydrogen-bond acceptors (Lipinski definition) is 2. The van der Waals surface area contributed by atoms with Gasteiger partial charge in [0.05, 0.1) is 0 Å². The van der Waals surface area contributed by atoms with Gasteiger partial charge in [0.25, 0.3) is 0 Å². The molecule has 0 aromatic rings. The fourth-order valence-corrected chi connectivity index (χ4v) is 2.20. The van der Waals surface area contributed by atoms with Crippen molar-refractivity contribution in [1.29, 1.82) is 0 Å². The van der Waals surface area contributed by atoms with Crippen LogP contribution in [0.15, 0.2) is 4.99 Å². The molecule has 1 saturated heterocycles. The van der Waals surface area contributed by atoms with Crippen LogP contribution in [-0.2, 0) is 0 Å². The highest BCUT2D eigenvalue weighted by molar-refractivity contribution is 5.79. The fraction of sp³-hybridized carbons (Fsp3) is 0.917. The number of guanidine groups is 1. The Morgan fingerprint density at radius 1 is 1.50 bits per heavy atom. The van der Waals surface area contributed by atoms with Gasteiger partial charge in [-0.3, -0.25) is 10.4 Å². The Hall–Kier alpha value is -0.770. The molecular weight excluding hydrogens is 200 g/mol. The molecule has 1 fully saturated rings. The van der Waals surface area contributed by atoms with Gasteiger partial charge in [0, 0.05) is 19.1 Å². The summed E-state index contributed by atoms with van der Waals surface area (Å²) in [6, 6.07) is 0.533. The summed E-state index contributed by atoms with van der Waals surface area (Å²) in [4.78, 5) is 6.86. The lowest BCUT2D eigenvalue weighted by atomic mass is 9.92. The number of piperidine rings is 1. The van der Waals surface area contributed by atoms with Crippen molar-refractivity contribution in [2.75, 3.05) is 13.1 Å². The molecule has 0 aromatic carbocycles. The van der Waals surface area contributed by atoms with E-state index in [2.05, 4.69) is 36.1 Å². The number of nitrogens with one attached hydrogen (secondary N) is 1. The number of likely N-dealkylation sites (tertiary alicyclic amines) is 1. The van der Waals surface area contributed by atoms with E-state index in [-0.39, 0.29) is 0 Å². The second-order valence-corrected chi connectivity index (χ2v) is 4.76. The lowest BCUT2D eigenvalue weighted by Crippen LogP contribution is -2.53. The van der Waals surface area contributed by atoms with E-state index in [0.29, 0.717) is 6.04 Å². The van der Waals surface area contributed by atoms with E-state index in [4.69, 9.17) is 5.84 Å². The molecule has 4 nitrogen and oxygen atoms in total. The topological polar surface area (TPSA) is 53.6 Å². The first-order chi connectivity index (χ1) is 7.70. The van der Waals surface area contributed by atoms with Crippen molar-refractivity contribution in [3.63, 3.8) is 0 Å². The summed E-state index contributed by atoms with van der Waals surface area (Å²) in [5.41, 5.74) is 2.76. The van der Waals surface area contributed by atoms with Gasteiger partial charge in [-0.1, -0.05) is 20.3 Å². The summed E-state index contributed by atoms with van der Waals surface area (Å²) >= 11 is 0. The van der Waals surface area contributed by atoms with Crippen molar-refractivity contribution >= 4 is 5.96 Å². The Kier molecular flexibility index (Phi) is 5.60. The predicted molar refractivity (Wildman–Crippen MR) is 69.1 cm³/mol. The molecule has 0 amide bonds. The van der Waals surface area contributed by atoms with Gasteiger partial charge < -0.3 is 4.90 Å². The zero-order chi connectivity index (χ0) is 12.0. The van der Waals surface area contributed by atoms with Crippen LogP contribution in [-0.4, -0.2) is 30.0 Å². The summed E-state index contributed by atoms with van der Waals surface area (Å²) in [5.74, 6) is 7.16. The zero-order valence-electron chi connectivity index (χ0n) is 10.9. The number of nitrogens with two attached hydrogens (primary N) is 1. The van der Waals surface area contributed by atoms with E-state index in [1.54, 1.807) is 0 Å². The Morgan fingerprint density at radius 3 is 2.88 bits per heavy atom. The minimum absolute atomic E-state index is 0.533. The smallest absolute Gasteiger partial charge is 0.208 e. The molecule has 1 aliphatic heterocycles. The average Bonchev–Trinajstić information content (AvgIpc) is 2.29. The van der Waals surface area contributed by atoms with E-state index >= 15 is 0 Å². The van der Waals surface area contributed by atoms with E-state index in [0.717, 1.165) is 31.4 Å². The van der Waals surface area contributed by atoms with Crippen LogP contribution in [0.25, 0.3) is 0 Å². The van der Waals surface area contributed by atoms with Crippen LogP contribution in [0.1, 0.15) is 46.5 Å². The molecule has 4 heteroatoms. The van der Waals surface area contributed by atoms with Crippen LogP contribution in [0.2, 0.25) is 0 Å². The Morgan fingerprint density at radius 2 is 2.25 bits per heavy atom. The second-order valence-electron chi connectivity index (χ2n) is 4.76. The first kappa shape index (κ1) is 13.3. The van der Waals surface area contributed by atoms with E-state index < -0.39 is 0 Å². The largest absolute Gasteiger partial charge is 0.339 e. The molecule has 16 heavy (non-hydrogen) atoms. The highest BCUT2D eigenvalue weighted by atomic mass is 15.4. The molecule has 0 bridgehead atoms. The highest BCUT2D eigenvalue weighted by Crippen LogP contribution is 2.22. The van der Waals surface area contributed by atoms with Crippen LogP contribution in [0.3, 0.4) is 0 Å². The fourth-order valence-electron chi connectivity index (χ4n) is 2.20. The van der Waals surface area contributed by atoms with E-state index in [1.807, 2.05) is 0 Å². The standard InChI is InChI=1S/C12H26N4/c1-4-5-8-14-12(15-13)16-9-6-7-10(2)11(16)3/h10-11H,4-9,13H2,1-3H3,(H,14,15). The van der Waals surface area contributed by atoms with Crippen LogP contribution in [0.4, 0.5) is 0 Å². The van der Waals surface area contributed by atoms with Gasteiger partial charge >= 0.3 is 0 Å². The Bertz CT molecular complexity index is 227. The quantitative estimate of drug-likeness (QED) is 0.253. The molecule has 2 unspecified atom stereocenters. The van der Waals surface area contributed by atoms with Crippen molar-refractivity contribution in [3.8, 4) is 0 Å². The minimum Gasteiger partial charge on any atom is -0.339 e. The molecule has 0 aliphatic carbocycles. The van der Waals surface area contributed by atoms with Crippen LogP contribution < -0.4 is 11.3 Å². The number of unbranched alkanes of at least 4 members (excludes halogenated alkanes) is 1. The van der Waals surface area contributed by atoms with Gasteiger partial charge in [0.15, 0.2) is 0 Å². The summed E-state index contributed by atoms with van der Waals surface area (Å²) in [5, 5.41) is 0. The number of aliphatic imine (C=N–C) groups is 1. The molecule has 0 spiro atoms. The van der Waals surface area contributed by atoms with Crippen molar-refractivity contribution in [2.45, 2.75) is 52.5 Å². The van der Waals surface area contributed by atoms with Gasteiger partial charge in [-0.25, -0.2) is 5.84 Å². The molecule has 94 valence electrons. The molecule has 1 heterocycles. The maximum atomic E-state index is 5.57. The summed E-state index contributed by atoms with van der Waals surface area (Å²) < 4.78 is 0. The third-order valence-corrected chi connectivity index (χ3v) is 3.55. The molecule has 1 aliphatic rings. The SMILES string of the molecule is CCCCN=C(NN)N1CCCC(C)C1C. The molecule has 1 rings (SSSR count). The summed E-state index contributed by atoms with van der Waals surface area (Å²) in [6.45, 7) is 8.68. The third kappa shape index (κ3) is 3.37. The third-order valence-electron chi connectivity index (χ3n) is 3.55. The van der Waals surface area contributed by atoms with Gasteiger partial charge in [-0.15, -0.1) is 0 Å². The summed E-state index contributed by atoms with van der Waals surface area (Å²) in [7, 11) is 0. The normalized spacial score (nSPS) is 27.0. The Labute approximate surface area is 99.3 Å². The summed E-state index contributed by atoms with van der Waals surface area (Å²) in [6.07, 6.45) is 4.85. The van der Waals surface area contributed by atoms with Crippen molar-refractivity contribution < 1.29 is 0 Å². The van der Waals surface area contributed by atoms with Crippen molar-refractivity contribution in [1.82, 2.24) is 10.3 Å². The van der Waals surface area contributed by atoms with Crippen LogP contribution in [0.5, 0.6) is 0 Å². The molecular formula is C12H26N4. The highest BCUT2D eigenvalue weighted by Gasteiger charge is 2.26. The molecule has 0 aromatic heterocycles. The van der Waals surface area contributed by atoms with E-state index in [1.165, 1.54) is 19.3 Å². The van der Waals surface area contributed by atoms with Gasteiger partial charge in [-0.05, 0) is 32.1 Å². The monoisotopic (exact) mass is 226 g/mol. The number of hydrazine groups is 1. The van der Waals surface area contributed by atoms with Crippen LogP contribution >= 0.6 is 0 Å². The Balaban J connectivity index is 2.60. The van der Waals surface area contributed by atoms with Crippen LogP contribution in [0, 0.1) is 5.92 Å². The maximum absolute atomic E-state index is 5.57. The molecule has 0 saturated carbocycles. The molecule has 0 radical (unpaired) electrons. The van der Waals surface area contributed by atoms with Crippen molar-refractivity contribution in [3.05, 3.63) is 0 Å². The van der Waals surface area contributed by atoms with Gasteiger partial charge in [0.1, 0.15) is 0 Å². The van der Waals surface area contributed by atoms with Gasteiger partial charge in [-0.2, -0.15) is 0 Å². The molecule has 2 atom stereocenters. The number of nitrogens with zero attached hydrogens (tertiary/aromatic N) is 2. The second kappa shape index (κ2) is 6.74. The van der Waals surface area contributed by atoms with Crippen molar-refractivity contribution in [2.24, 2.45) is 16.8 Å². The number of rotatable bonds is 3. The lowest BCUT2D eigenvalue weighted by Gasteiger charge is -2.39. The minimum atomic E-state index is 0.533. The first-order valence-corrected chi connectivity index (χ1v) is 6.48. The predicted octanol–water partition coefficient (Wildman–Crippen LogP) is 1.73. The molecule has 3 N–H and O–H groups in total. The number of hydrogen-bond donors (Lipinski definition) is 2.